The molecule has 0 spiro atoms. The normalized spacial score (nSPS) is 33.9. The summed E-state index contributed by atoms with van der Waals surface area (Å²) in [7, 11) is 0. The fraction of sp³-hybridized carbons (Fsp3) is 1.00. The molecule has 1 aliphatic carbocycles. The standard InChI is InChI=1S/C8H17NO/c1-3-10-6(2)8-4-7(8)5-9/h6-8H,3-5,9H2,1-2H3. The highest BCUT2D eigenvalue weighted by Gasteiger charge is 2.40. The smallest absolute Gasteiger partial charge is 0.0578 e. The van der Waals surface area contributed by atoms with Crippen LogP contribution >= 0.6 is 0 Å². The first-order valence-electron chi connectivity index (χ1n) is 4.11. The lowest BCUT2D eigenvalue weighted by Gasteiger charge is -2.09. The minimum Gasteiger partial charge on any atom is -0.378 e. The molecule has 60 valence electrons. The van der Waals surface area contributed by atoms with E-state index in [2.05, 4.69) is 6.92 Å². The molecule has 1 rings (SSSR count). The predicted octanol–water partition coefficient (Wildman–Crippen LogP) is 1.01. The van der Waals surface area contributed by atoms with Gasteiger partial charge in [-0.1, -0.05) is 0 Å². The Labute approximate surface area is 62.7 Å². The summed E-state index contributed by atoms with van der Waals surface area (Å²) in [5.74, 6) is 1.51. The molecule has 0 amide bonds. The van der Waals surface area contributed by atoms with Crippen LogP contribution in [-0.4, -0.2) is 19.3 Å². The summed E-state index contributed by atoms with van der Waals surface area (Å²) in [4.78, 5) is 0. The summed E-state index contributed by atoms with van der Waals surface area (Å²) in [6, 6.07) is 0. The van der Waals surface area contributed by atoms with Gasteiger partial charge >= 0.3 is 0 Å². The second-order valence-corrected chi connectivity index (χ2v) is 3.06. The van der Waals surface area contributed by atoms with E-state index in [0.717, 1.165) is 25.0 Å². The second kappa shape index (κ2) is 3.35. The third-order valence-corrected chi connectivity index (χ3v) is 2.31. The van der Waals surface area contributed by atoms with Crippen LogP contribution in [0.2, 0.25) is 0 Å². The molecule has 3 atom stereocenters. The van der Waals surface area contributed by atoms with Crippen LogP contribution in [0, 0.1) is 11.8 Å². The van der Waals surface area contributed by atoms with Gasteiger partial charge in [0.2, 0.25) is 0 Å². The average Bonchev–Trinajstić information content (AvgIpc) is 2.66. The van der Waals surface area contributed by atoms with Crippen LogP contribution in [0.25, 0.3) is 0 Å². The van der Waals surface area contributed by atoms with E-state index in [-0.39, 0.29) is 0 Å². The maximum absolute atomic E-state index is 5.50. The minimum atomic E-state index is 0.429. The van der Waals surface area contributed by atoms with E-state index in [9.17, 15) is 0 Å². The van der Waals surface area contributed by atoms with Gasteiger partial charge in [0, 0.05) is 6.61 Å². The number of hydrogen-bond donors (Lipinski definition) is 1. The average molecular weight is 143 g/mol. The Balaban J connectivity index is 2.12. The molecule has 0 aliphatic heterocycles. The van der Waals surface area contributed by atoms with Gasteiger partial charge in [-0.25, -0.2) is 0 Å². The number of rotatable bonds is 4. The quantitative estimate of drug-likeness (QED) is 0.637. The molecule has 0 aromatic carbocycles. The summed E-state index contributed by atoms with van der Waals surface area (Å²) < 4.78 is 5.44. The van der Waals surface area contributed by atoms with E-state index >= 15 is 0 Å². The SMILES string of the molecule is CCOC(C)C1CC1CN. The Morgan fingerprint density at radius 2 is 2.40 bits per heavy atom. The first-order valence-corrected chi connectivity index (χ1v) is 4.11. The molecule has 0 aromatic rings. The van der Waals surface area contributed by atoms with Gasteiger partial charge in [0.1, 0.15) is 0 Å². The van der Waals surface area contributed by atoms with Gasteiger partial charge in [-0.2, -0.15) is 0 Å². The molecule has 2 nitrogen and oxygen atoms in total. The summed E-state index contributed by atoms with van der Waals surface area (Å²) in [6.07, 6.45) is 1.70. The second-order valence-electron chi connectivity index (χ2n) is 3.06. The molecule has 2 N–H and O–H groups in total. The predicted molar refractivity (Wildman–Crippen MR) is 41.7 cm³/mol. The van der Waals surface area contributed by atoms with E-state index < -0.39 is 0 Å². The maximum atomic E-state index is 5.50. The van der Waals surface area contributed by atoms with Crippen molar-refractivity contribution in [3.05, 3.63) is 0 Å². The third kappa shape index (κ3) is 1.70. The fourth-order valence-electron chi connectivity index (χ4n) is 1.50. The Kier molecular flexibility index (Phi) is 2.69. The lowest BCUT2D eigenvalue weighted by molar-refractivity contribution is 0.0573. The zero-order valence-electron chi connectivity index (χ0n) is 6.84. The van der Waals surface area contributed by atoms with Gasteiger partial charge in [0.05, 0.1) is 6.10 Å². The topological polar surface area (TPSA) is 35.2 Å². The highest BCUT2D eigenvalue weighted by atomic mass is 16.5. The van der Waals surface area contributed by atoms with Crippen LogP contribution < -0.4 is 5.73 Å². The van der Waals surface area contributed by atoms with Crippen molar-refractivity contribution in [2.75, 3.05) is 13.2 Å². The Morgan fingerprint density at radius 1 is 1.70 bits per heavy atom. The Hall–Kier alpha value is -0.0800. The van der Waals surface area contributed by atoms with Gasteiger partial charge in [0.15, 0.2) is 0 Å². The molecule has 0 radical (unpaired) electrons. The molecule has 1 fully saturated rings. The molecule has 2 heteroatoms. The van der Waals surface area contributed by atoms with Crippen molar-refractivity contribution < 1.29 is 4.74 Å². The molecule has 1 aliphatic rings. The molecule has 0 aromatic heterocycles. The summed E-state index contributed by atoms with van der Waals surface area (Å²) in [6.45, 7) is 5.84. The molecule has 1 saturated carbocycles. The monoisotopic (exact) mass is 143 g/mol. The van der Waals surface area contributed by atoms with Gasteiger partial charge < -0.3 is 10.5 Å². The largest absolute Gasteiger partial charge is 0.378 e. The van der Waals surface area contributed by atoms with E-state index in [4.69, 9.17) is 10.5 Å². The molecule has 0 heterocycles. The first kappa shape index (κ1) is 8.02. The van der Waals surface area contributed by atoms with Crippen molar-refractivity contribution in [1.82, 2.24) is 0 Å². The molecule has 3 unspecified atom stereocenters. The van der Waals surface area contributed by atoms with Crippen LogP contribution in [0.15, 0.2) is 0 Å². The van der Waals surface area contributed by atoms with Crippen molar-refractivity contribution in [1.29, 1.82) is 0 Å². The van der Waals surface area contributed by atoms with Crippen molar-refractivity contribution in [2.45, 2.75) is 26.4 Å². The van der Waals surface area contributed by atoms with E-state index in [1.165, 1.54) is 6.42 Å². The lowest BCUT2D eigenvalue weighted by Crippen LogP contribution is -2.14. The van der Waals surface area contributed by atoms with Crippen LogP contribution in [0.3, 0.4) is 0 Å². The molecular formula is C8H17NO. The molecular weight excluding hydrogens is 126 g/mol. The van der Waals surface area contributed by atoms with Crippen molar-refractivity contribution in [3.63, 3.8) is 0 Å². The van der Waals surface area contributed by atoms with Crippen molar-refractivity contribution in [2.24, 2.45) is 17.6 Å². The Bertz CT molecular complexity index is 105. The lowest BCUT2D eigenvalue weighted by atomic mass is 10.2. The Morgan fingerprint density at radius 3 is 2.80 bits per heavy atom. The van der Waals surface area contributed by atoms with E-state index in [1.54, 1.807) is 0 Å². The first-order chi connectivity index (χ1) is 4.79. The summed E-state index contributed by atoms with van der Waals surface area (Å²) in [5, 5.41) is 0. The van der Waals surface area contributed by atoms with E-state index in [0.29, 0.717) is 6.10 Å². The van der Waals surface area contributed by atoms with Gasteiger partial charge in [0.25, 0.3) is 0 Å². The van der Waals surface area contributed by atoms with Crippen molar-refractivity contribution in [3.8, 4) is 0 Å². The van der Waals surface area contributed by atoms with Gasteiger partial charge in [-0.05, 0) is 38.6 Å². The zero-order chi connectivity index (χ0) is 7.56. The number of hydrogen-bond acceptors (Lipinski definition) is 2. The van der Waals surface area contributed by atoms with Gasteiger partial charge in [-0.15, -0.1) is 0 Å². The summed E-state index contributed by atoms with van der Waals surface area (Å²) >= 11 is 0. The van der Waals surface area contributed by atoms with Gasteiger partial charge in [-0.3, -0.25) is 0 Å². The maximum Gasteiger partial charge on any atom is 0.0578 e. The molecule has 10 heavy (non-hydrogen) atoms. The molecule has 0 saturated heterocycles. The fourth-order valence-corrected chi connectivity index (χ4v) is 1.50. The third-order valence-electron chi connectivity index (χ3n) is 2.31. The van der Waals surface area contributed by atoms with Crippen LogP contribution in [-0.2, 0) is 4.74 Å². The highest BCUT2D eigenvalue weighted by Crippen LogP contribution is 2.41. The van der Waals surface area contributed by atoms with Crippen LogP contribution in [0.4, 0.5) is 0 Å². The van der Waals surface area contributed by atoms with Crippen molar-refractivity contribution >= 4 is 0 Å². The molecule has 0 bridgehead atoms. The zero-order valence-corrected chi connectivity index (χ0v) is 6.84. The minimum absolute atomic E-state index is 0.429. The highest BCUT2D eigenvalue weighted by molar-refractivity contribution is 4.90. The van der Waals surface area contributed by atoms with Crippen LogP contribution in [0.1, 0.15) is 20.3 Å². The number of nitrogens with two attached hydrogens (primary N) is 1. The summed E-state index contributed by atoms with van der Waals surface area (Å²) in [5.41, 5.74) is 5.50. The number of ether oxygens (including phenoxy) is 1. The van der Waals surface area contributed by atoms with Crippen LogP contribution in [0.5, 0.6) is 0 Å². The van der Waals surface area contributed by atoms with E-state index in [1.807, 2.05) is 6.92 Å².